The van der Waals surface area contributed by atoms with Crippen LogP contribution in [0.4, 0.5) is 0 Å². The fourth-order valence-corrected chi connectivity index (χ4v) is 1.70. The van der Waals surface area contributed by atoms with E-state index in [1.165, 1.54) is 0 Å². The van der Waals surface area contributed by atoms with Gasteiger partial charge in [0.25, 0.3) is 0 Å². The Morgan fingerprint density at radius 2 is 2.21 bits per heavy atom. The van der Waals surface area contributed by atoms with Gasteiger partial charge in [0, 0.05) is 4.47 Å². The van der Waals surface area contributed by atoms with Crippen LogP contribution in [0, 0.1) is 0 Å². The first-order valence-corrected chi connectivity index (χ1v) is 5.22. The molecule has 0 saturated heterocycles. The second kappa shape index (κ2) is 3.61. The molecule has 1 fully saturated rings. The quantitative estimate of drug-likeness (QED) is 0.900. The molecule has 2 rings (SSSR count). The van der Waals surface area contributed by atoms with Gasteiger partial charge in [-0.25, -0.2) is 0 Å². The van der Waals surface area contributed by atoms with Crippen molar-refractivity contribution in [2.24, 2.45) is 5.73 Å². The second-order valence-electron chi connectivity index (χ2n) is 3.32. The highest BCUT2D eigenvalue weighted by Crippen LogP contribution is 2.29. The Bertz CT molecular complexity index is 374. The molecule has 0 spiro atoms. The van der Waals surface area contributed by atoms with Crippen molar-refractivity contribution in [1.29, 1.82) is 0 Å². The Hall–Kier alpha value is -1.03. The fraction of sp³-hybridized carbons (Fsp3) is 0.300. The molecule has 1 aliphatic carbocycles. The minimum Gasteiger partial charge on any atom is -0.490 e. The van der Waals surface area contributed by atoms with Gasteiger partial charge in [-0.3, -0.25) is 4.79 Å². The Kier molecular flexibility index (Phi) is 2.46. The van der Waals surface area contributed by atoms with Gasteiger partial charge in [-0.1, -0.05) is 0 Å². The highest BCUT2D eigenvalue weighted by atomic mass is 79.9. The average Bonchev–Trinajstić information content (AvgIpc) is 2.87. The van der Waals surface area contributed by atoms with Crippen molar-refractivity contribution in [2.45, 2.75) is 18.9 Å². The largest absolute Gasteiger partial charge is 0.490 e. The second-order valence-corrected chi connectivity index (χ2v) is 4.18. The molecule has 1 aromatic carbocycles. The van der Waals surface area contributed by atoms with Crippen molar-refractivity contribution in [3.05, 3.63) is 28.2 Å². The number of benzene rings is 1. The molecule has 0 unspecified atom stereocenters. The summed E-state index contributed by atoms with van der Waals surface area (Å²) in [6.07, 6.45) is 2.60. The molecular weight excluding hydrogens is 246 g/mol. The Labute approximate surface area is 90.4 Å². The van der Waals surface area contributed by atoms with Crippen molar-refractivity contribution in [3.63, 3.8) is 0 Å². The zero-order valence-corrected chi connectivity index (χ0v) is 9.08. The van der Waals surface area contributed by atoms with Crippen LogP contribution >= 0.6 is 15.9 Å². The molecule has 1 saturated carbocycles. The maximum Gasteiger partial charge on any atom is 0.249 e. The third kappa shape index (κ3) is 2.07. The number of rotatable bonds is 3. The molecule has 0 atom stereocenters. The lowest BCUT2D eigenvalue weighted by atomic mass is 10.2. The average molecular weight is 256 g/mol. The maximum absolute atomic E-state index is 10.9. The van der Waals surface area contributed by atoms with Gasteiger partial charge in [0.05, 0.1) is 11.7 Å². The van der Waals surface area contributed by atoms with Crippen molar-refractivity contribution in [3.8, 4) is 5.75 Å². The minimum absolute atomic E-state index is 0.362. The van der Waals surface area contributed by atoms with Gasteiger partial charge in [-0.15, -0.1) is 0 Å². The highest BCUT2D eigenvalue weighted by molar-refractivity contribution is 9.10. The van der Waals surface area contributed by atoms with Crippen LogP contribution in [0.2, 0.25) is 0 Å². The van der Waals surface area contributed by atoms with E-state index in [2.05, 4.69) is 15.9 Å². The van der Waals surface area contributed by atoms with Gasteiger partial charge < -0.3 is 10.5 Å². The van der Waals surface area contributed by atoms with E-state index >= 15 is 0 Å². The van der Waals surface area contributed by atoms with Gasteiger partial charge in [-0.05, 0) is 47.0 Å². The highest BCUT2D eigenvalue weighted by Gasteiger charge is 2.23. The molecule has 1 aliphatic rings. The van der Waals surface area contributed by atoms with Crippen molar-refractivity contribution < 1.29 is 9.53 Å². The van der Waals surface area contributed by atoms with Gasteiger partial charge in [-0.2, -0.15) is 0 Å². The van der Waals surface area contributed by atoms with E-state index in [4.69, 9.17) is 10.5 Å². The van der Waals surface area contributed by atoms with Gasteiger partial charge in [0.15, 0.2) is 0 Å². The van der Waals surface area contributed by atoms with E-state index in [0.717, 1.165) is 18.6 Å². The smallest absolute Gasteiger partial charge is 0.249 e. The van der Waals surface area contributed by atoms with Gasteiger partial charge in [0.2, 0.25) is 5.91 Å². The summed E-state index contributed by atoms with van der Waals surface area (Å²) in [7, 11) is 0. The van der Waals surface area contributed by atoms with Crippen molar-refractivity contribution >= 4 is 21.8 Å². The van der Waals surface area contributed by atoms with E-state index in [-0.39, 0.29) is 0 Å². The zero-order chi connectivity index (χ0) is 10.1. The Morgan fingerprint density at radius 3 is 2.71 bits per heavy atom. The normalized spacial score (nSPS) is 15.2. The number of hydrogen-bond donors (Lipinski definition) is 1. The molecule has 1 aromatic rings. The molecule has 1 amide bonds. The van der Waals surface area contributed by atoms with E-state index < -0.39 is 5.91 Å². The van der Waals surface area contributed by atoms with Crippen LogP contribution in [0.1, 0.15) is 23.2 Å². The number of halogens is 1. The SMILES string of the molecule is NC(=O)c1ccc(OC2CC2)cc1Br. The van der Waals surface area contributed by atoms with Crippen LogP contribution in [0.5, 0.6) is 5.75 Å². The number of hydrogen-bond acceptors (Lipinski definition) is 2. The first-order chi connectivity index (χ1) is 6.66. The van der Waals surface area contributed by atoms with Gasteiger partial charge in [0.1, 0.15) is 5.75 Å². The monoisotopic (exact) mass is 255 g/mol. The first kappa shape index (κ1) is 9.52. The lowest BCUT2D eigenvalue weighted by Gasteiger charge is -2.06. The summed E-state index contributed by atoms with van der Waals surface area (Å²) in [4.78, 5) is 10.9. The molecule has 2 N–H and O–H groups in total. The van der Waals surface area contributed by atoms with E-state index in [9.17, 15) is 4.79 Å². The number of carbonyl (C=O) groups excluding carboxylic acids is 1. The summed E-state index contributed by atoms with van der Waals surface area (Å²) in [5.74, 6) is 0.347. The molecule has 0 aliphatic heterocycles. The molecule has 0 bridgehead atoms. The summed E-state index contributed by atoms with van der Waals surface area (Å²) in [6, 6.07) is 5.21. The summed E-state index contributed by atoms with van der Waals surface area (Å²) >= 11 is 3.28. The predicted octanol–water partition coefficient (Wildman–Crippen LogP) is 2.09. The molecule has 3 nitrogen and oxygen atoms in total. The number of primary amides is 1. The third-order valence-corrected chi connectivity index (χ3v) is 2.69. The molecule has 4 heteroatoms. The molecule has 0 heterocycles. The number of carbonyl (C=O) groups is 1. The van der Waals surface area contributed by atoms with Crippen LogP contribution in [-0.2, 0) is 0 Å². The summed E-state index contributed by atoms with van der Waals surface area (Å²) in [6.45, 7) is 0. The lowest BCUT2D eigenvalue weighted by molar-refractivity contribution is 0.0999. The van der Waals surface area contributed by atoms with E-state index in [1.807, 2.05) is 0 Å². The molecular formula is C10H10BrNO2. The summed E-state index contributed by atoms with van der Waals surface area (Å²) in [5, 5.41) is 0. The van der Waals surface area contributed by atoms with Crippen LogP contribution in [0.15, 0.2) is 22.7 Å². The van der Waals surface area contributed by atoms with Crippen molar-refractivity contribution in [1.82, 2.24) is 0 Å². The Morgan fingerprint density at radius 1 is 1.50 bits per heavy atom. The topological polar surface area (TPSA) is 52.3 Å². The lowest BCUT2D eigenvalue weighted by Crippen LogP contribution is -2.11. The standard InChI is InChI=1S/C10H10BrNO2/c11-9-5-7(14-6-1-2-6)3-4-8(9)10(12)13/h3-6H,1-2H2,(H2,12,13). The third-order valence-electron chi connectivity index (χ3n) is 2.03. The summed E-state index contributed by atoms with van der Waals surface area (Å²) in [5.41, 5.74) is 5.65. The maximum atomic E-state index is 10.9. The number of ether oxygens (including phenoxy) is 1. The minimum atomic E-state index is -0.435. The zero-order valence-electron chi connectivity index (χ0n) is 7.50. The first-order valence-electron chi connectivity index (χ1n) is 4.43. The van der Waals surface area contributed by atoms with Crippen LogP contribution in [-0.4, -0.2) is 12.0 Å². The van der Waals surface area contributed by atoms with E-state index in [1.54, 1.807) is 18.2 Å². The Balaban J connectivity index is 2.20. The van der Waals surface area contributed by atoms with Crippen LogP contribution in [0.25, 0.3) is 0 Å². The van der Waals surface area contributed by atoms with Crippen LogP contribution in [0.3, 0.4) is 0 Å². The van der Waals surface area contributed by atoms with Crippen molar-refractivity contribution in [2.75, 3.05) is 0 Å². The molecule has 0 radical (unpaired) electrons. The number of amides is 1. The fourth-order valence-electron chi connectivity index (χ4n) is 1.15. The molecule has 74 valence electrons. The predicted molar refractivity (Wildman–Crippen MR) is 56.3 cm³/mol. The summed E-state index contributed by atoms with van der Waals surface area (Å²) < 4.78 is 6.24. The number of nitrogens with two attached hydrogens (primary N) is 1. The van der Waals surface area contributed by atoms with Crippen LogP contribution < -0.4 is 10.5 Å². The van der Waals surface area contributed by atoms with E-state index in [0.29, 0.717) is 16.1 Å². The van der Waals surface area contributed by atoms with Gasteiger partial charge >= 0.3 is 0 Å². The molecule has 0 aromatic heterocycles. The molecule has 14 heavy (non-hydrogen) atoms.